The van der Waals surface area contributed by atoms with Gasteiger partial charge < -0.3 is 10.1 Å². The molecule has 0 unspecified atom stereocenters. The number of nitrogens with one attached hydrogen (secondary N) is 1. The number of hydrogen-bond donors (Lipinski definition) is 1. The Labute approximate surface area is 177 Å². The van der Waals surface area contributed by atoms with Gasteiger partial charge in [-0.15, -0.1) is 0 Å². The van der Waals surface area contributed by atoms with Crippen LogP contribution in [0.15, 0.2) is 36.4 Å². The summed E-state index contributed by atoms with van der Waals surface area (Å²) in [6.45, 7) is 1.25. The predicted molar refractivity (Wildman–Crippen MR) is 110 cm³/mol. The van der Waals surface area contributed by atoms with Gasteiger partial charge in [0, 0.05) is 5.69 Å². The zero-order valence-electron chi connectivity index (χ0n) is 15.4. The smallest absolute Gasteiger partial charge is 0.339 e. The SMILES string of the molecule is CCOC(=O)c1ccc(NC(=O)CN(c2ccc(F)c(Cl)c2)S(C)(=O)=O)cc1Cl. The van der Waals surface area contributed by atoms with E-state index in [9.17, 15) is 22.4 Å². The summed E-state index contributed by atoms with van der Waals surface area (Å²) in [5.74, 6) is -2.01. The van der Waals surface area contributed by atoms with E-state index >= 15 is 0 Å². The van der Waals surface area contributed by atoms with Crippen molar-refractivity contribution >= 4 is 56.5 Å². The fraction of sp³-hybridized carbons (Fsp3) is 0.222. The maximum atomic E-state index is 13.4. The van der Waals surface area contributed by atoms with Crippen molar-refractivity contribution in [3.63, 3.8) is 0 Å². The summed E-state index contributed by atoms with van der Waals surface area (Å²) in [5.41, 5.74) is 0.411. The number of carbonyl (C=O) groups is 2. The number of hydrogen-bond acceptors (Lipinski definition) is 5. The molecule has 0 atom stereocenters. The monoisotopic (exact) mass is 462 g/mol. The van der Waals surface area contributed by atoms with Gasteiger partial charge >= 0.3 is 5.97 Å². The number of halogens is 3. The van der Waals surface area contributed by atoms with E-state index in [0.29, 0.717) is 0 Å². The quantitative estimate of drug-likeness (QED) is 0.632. The molecule has 0 heterocycles. The minimum Gasteiger partial charge on any atom is -0.462 e. The Hall–Kier alpha value is -2.36. The Morgan fingerprint density at radius 2 is 1.83 bits per heavy atom. The van der Waals surface area contributed by atoms with E-state index in [0.717, 1.165) is 22.7 Å². The van der Waals surface area contributed by atoms with E-state index < -0.39 is 34.3 Å². The maximum absolute atomic E-state index is 13.4. The van der Waals surface area contributed by atoms with Gasteiger partial charge in [0.25, 0.3) is 0 Å². The average molecular weight is 463 g/mol. The second kappa shape index (κ2) is 9.43. The Balaban J connectivity index is 2.19. The van der Waals surface area contributed by atoms with Crippen LogP contribution in [0.1, 0.15) is 17.3 Å². The largest absolute Gasteiger partial charge is 0.462 e. The van der Waals surface area contributed by atoms with E-state index in [4.69, 9.17) is 27.9 Å². The third-order valence-corrected chi connectivity index (χ3v) is 5.37. The molecular weight excluding hydrogens is 446 g/mol. The van der Waals surface area contributed by atoms with Crippen LogP contribution >= 0.6 is 23.2 Å². The van der Waals surface area contributed by atoms with Crippen molar-refractivity contribution in [1.29, 1.82) is 0 Å². The summed E-state index contributed by atoms with van der Waals surface area (Å²) in [6.07, 6.45) is 0.905. The summed E-state index contributed by atoms with van der Waals surface area (Å²) in [7, 11) is -3.86. The highest BCUT2D eigenvalue weighted by molar-refractivity contribution is 7.92. The van der Waals surface area contributed by atoms with Crippen molar-refractivity contribution in [3.8, 4) is 0 Å². The van der Waals surface area contributed by atoms with E-state index in [2.05, 4.69) is 5.32 Å². The summed E-state index contributed by atoms with van der Waals surface area (Å²) in [5, 5.41) is 2.27. The molecule has 7 nitrogen and oxygen atoms in total. The number of carbonyl (C=O) groups excluding carboxylic acids is 2. The molecule has 1 N–H and O–H groups in total. The minimum atomic E-state index is -3.86. The summed E-state index contributed by atoms with van der Waals surface area (Å²) in [6, 6.07) is 7.45. The third-order valence-electron chi connectivity index (χ3n) is 3.63. The summed E-state index contributed by atoms with van der Waals surface area (Å²) >= 11 is 11.7. The van der Waals surface area contributed by atoms with Gasteiger partial charge in [0.1, 0.15) is 12.4 Å². The molecular formula is C18H17Cl2FN2O5S. The van der Waals surface area contributed by atoms with Crippen molar-refractivity contribution < 1.29 is 27.1 Å². The second-order valence-electron chi connectivity index (χ2n) is 5.83. The molecule has 2 aromatic rings. The highest BCUT2D eigenvalue weighted by atomic mass is 35.5. The normalized spacial score (nSPS) is 11.1. The minimum absolute atomic E-state index is 0.0322. The number of sulfonamides is 1. The first kappa shape index (κ1) is 22.9. The van der Waals surface area contributed by atoms with Gasteiger partial charge in [-0.1, -0.05) is 23.2 Å². The van der Waals surface area contributed by atoms with E-state index in [1.54, 1.807) is 6.92 Å². The van der Waals surface area contributed by atoms with Gasteiger partial charge in [-0.3, -0.25) is 9.10 Å². The lowest BCUT2D eigenvalue weighted by atomic mass is 10.2. The molecule has 2 aromatic carbocycles. The van der Waals surface area contributed by atoms with Gasteiger partial charge in [0.2, 0.25) is 15.9 Å². The lowest BCUT2D eigenvalue weighted by Crippen LogP contribution is -2.37. The van der Waals surface area contributed by atoms with Crippen LogP contribution in [0.25, 0.3) is 0 Å². The van der Waals surface area contributed by atoms with Crippen LogP contribution in [0.2, 0.25) is 10.0 Å². The van der Waals surface area contributed by atoms with Crippen molar-refractivity contribution in [2.75, 3.05) is 29.0 Å². The average Bonchev–Trinajstić information content (AvgIpc) is 2.61. The van der Waals surface area contributed by atoms with Gasteiger partial charge in [-0.05, 0) is 43.3 Å². The van der Waals surface area contributed by atoms with Crippen LogP contribution in [0, 0.1) is 5.82 Å². The molecule has 0 spiro atoms. The predicted octanol–water partition coefficient (Wildman–Crippen LogP) is 3.71. The molecule has 156 valence electrons. The molecule has 2 rings (SSSR count). The molecule has 11 heteroatoms. The Kier molecular flexibility index (Phi) is 7.45. The number of esters is 1. The molecule has 0 aliphatic carbocycles. The molecule has 0 aromatic heterocycles. The molecule has 0 fully saturated rings. The van der Waals surface area contributed by atoms with Crippen LogP contribution in [0.3, 0.4) is 0 Å². The highest BCUT2D eigenvalue weighted by Crippen LogP contribution is 2.25. The summed E-state index contributed by atoms with van der Waals surface area (Å²) in [4.78, 5) is 24.1. The van der Waals surface area contributed by atoms with Crippen LogP contribution in [-0.4, -0.2) is 39.7 Å². The van der Waals surface area contributed by atoms with E-state index in [-0.39, 0.29) is 33.6 Å². The van der Waals surface area contributed by atoms with Crippen LogP contribution in [0.5, 0.6) is 0 Å². The fourth-order valence-electron chi connectivity index (χ4n) is 2.34. The molecule has 0 saturated heterocycles. The first-order chi connectivity index (χ1) is 13.5. The number of amides is 1. The van der Waals surface area contributed by atoms with Gasteiger partial charge in [0.15, 0.2) is 0 Å². The van der Waals surface area contributed by atoms with Gasteiger partial charge in [-0.2, -0.15) is 0 Å². The first-order valence-electron chi connectivity index (χ1n) is 8.22. The molecule has 0 aliphatic heterocycles. The van der Waals surface area contributed by atoms with Gasteiger partial charge in [-0.25, -0.2) is 17.6 Å². The Morgan fingerprint density at radius 3 is 2.38 bits per heavy atom. The second-order valence-corrected chi connectivity index (χ2v) is 8.55. The zero-order valence-corrected chi connectivity index (χ0v) is 17.7. The Morgan fingerprint density at radius 1 is 1.14 bits per heavy atom. The number of nitrogens with zero attached hydrogens (tertiary/aromatic N) is 1. The lowest BCUT2D eigenvalue weighted by Gasteiger charge is -2.22. The van der Waals surface area contributed by atoms with E-state index in [1.165, 1.54) is 24.3 Å². The molecule has 0 aliphatic rings. The first-order valence-corrected chi connectivity index (χ1v) is 10.8. The molecule has 0 saturated carbocycles. The summed E-state index contributed by atoms with van der Waals surface area (Å²) < 4.78 is 43.2. The van der Waals surface area contributed by atoms with Crippen molar-refractivity contribution in [2.45, 2.75) is 6.92 Å². The standard InChI is InChI=1S/C18H17Cl2FN2O5S/c1-3-28-18(25)13-6-4-11(8-14(13)19)22-17(24)10-23(29(2,26)27)12-5-7-16(21)15(20)9-12/h4-9H,3,10H2,1-2H3,(H,22,24). The van der Waals surface area contributed by atoms with E-state index in [1.807, 2.05) is 0 Å². The number of rotatable bonds is 7. The number of ether oxygens (including phenoxy) is 1. The molecule has 0 radical (unpaired) electrons. The maximum Gasteiger partial charge on any atom is 0.339 e. The van der Waals surface area contributed by atoms with Gasteiger partial charge in [0.05, 0.1) is 34.2 Å². The number of benzene rings is 2. The molecule has 1 amide bonds. The zero-order chi connectivity index (χ0) is 21.8. The van der Waals surface area contributed by atoms with Crippen molar-refractivity contribution in [1.82, 2.24) is 0 Å². The van der Waals surface area contributed by atoms with Crippen LogP contribution in [-0.2, 0) is 19.6 Å². The topological polar surface area (TPSA) is 92.8 Å². The van der Waals surface area contributed by atoms with Crippen molar-refractivity contribution in [2.24, 2.45) is 0 Å². The molecule has 0 bridgehead atoms. The highest BCUT2D eigenvalue weighted by Gasteiger charge is 2.22. The van der Waals surface area contributed by atoms with Crippen LogP contribution in [0.4, 0.5) is 15.8 Å². The molecule has 29 heavy (non-hydrogen) atoms. The van der Waals surface area contributed by atoms with Crippen molar-refractivity contribution in [3.05, 3.63) is 57.8 Å². The third kappa shape index (κ3) is 6.06. The fourth-order valence-corrected chi connectivity index (χ4v) is 3.62. The Bertz CT molecular complexity index is 1050. The van der Waals surface area contributed by atoms with Crippen LogP contribution < -0.4 is 9.62 Å². The number of anilines is 2. The lowest BCUT2D eigenvalue weighted by molar-refractivity contribution is -0.114.